The quantitative estimate of drug-likeness (QED) is 0.381. The zero-order valence-electron chi connectivity index (χ0n) is 22.4. The van der Waals surface area contributed by atoms with Crippen molar-refractivity contribution >= 4 is 28.2 Å². The van der Waals surface area contributed by atoms with Crippen molar-refractivity contribution in [2.75, 3.05) is 29.9 Å². The molecule has 7 nitrogen and oxygen atoms in total. The van der Waals surface area contributed by atoms with Gasteiger partial charge in [0.2, 0.25) is 0 Å². The molecular formula is C29H36F3N5O2. The van der Waals surface area contributed by atoms with Crippen molar-refractivity contribution in [3.05, 3.63) is 47.9 Å². The molecule has 2 aromatic heterocycles. The second-order valence-electron chi connectivity index (χ2n) is 11.3. The minimum Gasteiger partial charge on any atom is -0.396 e. The van der Waals surface area contributed by atoms with E-state index in [4.69, 9.17) is 5.10 Å². The number of aliphatic hydroxyl groups excluding tert-OH is 1. The van der Waals surface area contributed by atoms with Crippen LogP contribution in [0.3, 0.4) is 0 Å². The number of fused-ring (bicyclic) bond motifs is 1. The summed E-state index contributed by atoms with van der Waals surface area (Å²) in [5.41, 5.74) is 0.693. The third kappa shape index (κ3) is 6.05. The van der Waals surface area contributed by atoms with E-state index in [1.54, 1.807) is 0 Å². The average Bonchev–Trinajstić information content (AvgIpc) is 3.35. The maximum absolute atomic E-state index is 13.2. The molecule has 210 valence electrons. The summed E-state index contributed by atoms with van der Waals surface area (Å²) in [7, 11) is 0. The highest BCUT2D eigenvalue weighted by molar-refractivity contribution is 6.06. The SMILES string of the molecule is CC(C)C1CCC(n2cc3cc(NC(=O)c4cccc(C(F)(F)F)n4)c(N4CCC(CO)CC4)cc3n2)CC1. The van der Waals surface area contributed by atoms with Gasteiger partial charge >= 0.3 is 6.18 Å². The first kappa shape index (κ1) is 27.4. The zero-order valence-corrected chi connectivity index (χ0v) is 22.4. The molecule has 0 atom stereocenters. The summed E-state index contributed by atoms with van der Waals surface area (Å²) in [5.74, 6) is 0.951. The molecule has 1 saturated heterocycles. The van der Waals surface area contributed by atoms with Gasteiger partial charge in [0.05, 0.1) is 22.9 Å². The fourth-order valence-corrected chi connectivity index (χ4v) is 5.92. The third-order valence-corrected chi connectivity index (χ3v) is 8.43. The van der Waals surface area contributed by atoms with Gasteiger partial charge in [-0.3, -0.25) is 9.48 Å². The minimum atomic E-state index is -4.64. The lowest BCUT2D eigenvalue weighted by Crippen LogP contribution is -2.35. The molecule has 1 aromatic carbocycles. The Morgan fingerprint density at radius 1 is 1.10 bits per heavy atom. The molecule has 2 N–H and O–H groups in total. The van der Waals surface area contributed by atoms with Crippen molar-refractivity contribution in [1.29, 1.82) is 0 Å². The maximum atomic E-state index is 13.2. The van der Waals surface area contributed by atoms with E-state index in [0.717, 1.165) is 54.3 Å². The highest BCUT2D eigenvalue weighted by Crippen LogP contribution is 2.38. The number of aliphatic hydroxyl groups is 1. The summed E-state index contributed by atoms with van der Waals surface area (Å²) in [6.45, 7) is 6.09. The summed E-state index contributed by atoms with van der Waals surface area (Å²) >= 11 is 0. The van der Waals surface area contributed by atoms with Crippen LogP contribution in [0, 0.1) is 17.8 Å². The molecule has 3 aromatic rings. The van der Waals surface area contributed by atoms with Crippen LogP contribution < -0.4 is 10.2 Å². The molecule has 1 amide bonds. The van der Waals surface area contributed by atoms with Crippen molar-refractivity contribution in [2.45, 2.75) is 64.6 Å². The molecule has 0 unspecified atom stereocenters. The van der Waals surface area contributed by atoms with Gasteiger partial charge in [-0.15, -0.1) is 0 Å². The number of hydrogen-bond donors (Lipinski definition) is 2. The van der Waals surface area contributed by atoms with Gasteiger partial charge in [0.25, 0.3) is 5.91 Å². The van der Waals surface area contributed by atoms with E-state index in [1.165, 1.54) is 25.0 Å². The molecule has 1 saturated carbocycles. The van der Waals surface area contributed by atoms with Crippen LogP contribution in [-0.4, -0.2) is 45.5 Å². The van der Waals surface area contributed by atoms with E-state index >= 15 is 0 Å². The van der Waals surface area contributed by atoms with Crippen LogP contribution in [0.1, 0.15) is 74.6 Å². The normalized spacial score (nSPS) is 21.1. The number of rotatable bonds is 6. The summed E-state index contributed by atoms with van der Waals surface area (Å²) in [4.78, 5) is 18.8. The topological polar surface area (TPSA) is 83.3 Å². The van der Waals surface area contributed by atoms with Gasteiger partial charge in [-0.1, -0.05) is 19.9 Å². The van der Waals surface area contributed by atoms with E-state index in [2.05, 4.69) is 29.0 Å². The summed E-state index contributed by atoms with van der Waals surface area (Å²) in [6.07, 6.45) is 3.49. The van der Waals surface area contributed by atoms with E-state index in [0.29, 0.717) is 30.7 Å². The van der Waals surface area contributed by atoms with E-state index < -0.39 is 17.8 Å². The second-order valence-corrected chi connectivity index (χ2v) is 11.3. The summed E-state index contributed by atoms with van der Waals surface area (Å²) < 4.78 is 41.6. The van der Waals surface area contributed by atoms with E-state index in [1.807, 2.05) is 23.0 Å². The molecule has 2 aliphatic rings. The van der Waals surface area contributed by atoms with Crippen molar-refractivity contribution in [3.8, 4) is 0 Å². The number of anilines is 2. The number of nitrogens with zero attached hydrogens (tertiary/aromatic N) is 4. The van der Waals surface area contributed by atoms with Crippen LogP contribution in [0.2, 0.25) is 0 Å². The number of carbonyl (C=O) groups is 1. The van der Waals surface area contributed by atoms with Crippen molar-refractivity contribution in [3.63, 3.8) is 0 Å². The summed E-state index contributed by atoms with van der Waals surface area (Å²) in [5, 5.41) is 18.2. The smallest absolute Gasteiger partial charge is 0.396 e. The Labute approximate surface area is 226 Å². The number of carbonyl (C=O) groups excluding carboxylic acids is 1. The fraction of sp³-hybridized carbons (Fsp3) is 0.552. The molecule has 1 aliphatic heterocycles. The Kier molecular flexibility index (Phi) is 7.84. The Hall–Kier alpha value is -3.14. The van der Waals surface area contributed by atoms with Crippen LogP contribution in [0.15, 0.2) is 36.5 Å². The van der Waals surface area contributed by atoms with Crippen LogP contribution in [-0.2, 0) is 6.18 Å². The standard InChI is InChI=1S/C29H36F3N5O2/c1-18(2)20-6-8-22(9-7-20)37-16-21-14-25(34-28(39)23-4-3-5-27(33-23)29(30,31)32)26(15-24(21)35-37)36-12-10-19(17-38)11-13-36/h3-5,14-16,18-20,22,38H,6-13,17H2,1-2H3,(H,34,39). The monoisotopic (exact) mass is 543 g/mol. The number of alkyl halides is 3. The van der Waals surface area contributed by atoms with Crippen LogP contribution >= 0.6 is 0 Å². The van der Waals surface area contributed by atoms with Gasteiger partial charge in [0, 0.05) is 31.3 Å². The van der Waals surface area contributed by atoms with Gasteiger partial charge in [0.15, 0.2) is 0 Å². The number of piperidine rings is 1. The average molecular weight is 544 g/mol. The van der Waals surface area contributed by atoms with Crippen molar-refractivity contribution in [1.82, 2.24) is 14.8 Å². The van der Waals surface area contributed by atoms with Crippen molar-refractivity contribution in [2.24, 2.45) is 17.8 Å². The van der Waals surface area contributed by atoms with Gasteiger partial charge in [0.1, 0.15) is 11.4 Å². The molecule has 0 bridgehead atoms. The van der Waals surface area contributed by atoms with E-state index in [9.17, 15) is 23.1 Å². The number of nitrogens with one attached hydrogen (secondary N) is 1. The number of halogens is 3. The number of pyridine rings is 1. The first-order valence-corrected chi connectivity index (χ1v) is 13.9. The maximum Gasteiger partial charge on any atom is 0.433 e. The highest BCUT2D eigenvalue weighted by atomic mass is 19.4. The zero-order chi connectivity index (χ0) is 27.7. The number of hydrogen-bond acceptors (Lipinski definition) is 5. The first-order valence-electron chi connectivity index (χ1n) is 13.9. The van der Waals surface area contributed by atoms with Crippen LogP contribution in [0.4, 0.5) is 24.5 Å². The van der Waals surface area contributed by atoms with Crippen LogP contribution in [0.25, 0.3) is 10.9 Å². The second kappa shape index (κ2) is 11.2. The Morgan fingerprint density at radius 3 is 2.46 bits per heavy atom. The molecular weight excluding hydrogens is 507 g/mol. The van der Waals surface area contributed by atoms with Crippen LogP contribution in [0.5, 0.6) is 0 Å². The third-order valence-electron chi connectivity index (χ3n) is 8.43. The highest BCUT2D eigenvalue weighted by Gasteiger charge is 2.33. The minimum absolute atomic E-state index is 0.140. The van der Waals surface area contributed by atoms with Gasteiger partial charge in [-0.2, -0.15) is 18.3 Å². The Bertz CT molecular complexity index is 1310. The molecule has 39 heavy (non-hydrogen) atoms. The number of aromatic nitrogens is 3. The molecule has 1 aliphatic carbocycles. The lowest BCUT2D eigenvalue weighted by molar-refractivity contribution is -0.141. The van der Waals surface area contributed by atoms with Crippen molar-refractivity contribution < 1.29 is 23.1 Å². The predicted molar refractivity (Wildman–Crippen MR) is 145 cm³/mol. The molecule has 5 rings (SSSR count). The van der Waals surface area contributed by atoms with E-state index in [-0.39, 0.29) is 18.2 Å². The number of amides is 1. The molecule has 0 radical (unpaired) electrons. The number of benzene rings is 1. The molecule has 2 fully saturated rings. The molecule has 10 heteroatoms. The van der Waals surface area contributed by atoms with Gasteiger partial charge < -0.3 is 15.3 Å². The molecule has 3 heterocycles. The fourth-order valence-electron chi connectivity index (χ4n) is 5.92. The Morgan fingerprint density at radius 2 is 1.82 bits per heavy atom. The first-order chi connectivity index (χ1) is 18.6. The van der Waals surface area contributed by atoms with Gasteiger partial charge in [-0.25, -0.2) is 4.98 Å². The lowest BCUT2D eigenvalue weighted by Gasteiger charge is -2.34. The predicted octanol–water partition coefficient (Wildman–Crippen LogP) is 6.30. The largest absolute Gasteiger partial charge is 0.433 e. The summed E-state index contributed by atoms with van der Waals surface area (Å²) in [6, 6.07) is 7.46. The van der Waals surface area contributed by atoms with Gasteiger partial charge in [-0.05, 0) is 80.5 Å². The molecule has 0 spiro atoms. The lowest BCUT2D eigenvalue weighted by atomic mass is 9.80. The Balaban J connectivity index is 1.45.